The van der Waals surface area contributed by atoms with Gasteiger partial charge in [-0.15, -0.1) is 0 Å². The molecule has 1 aliphatic carbocycles. The maximum atomic E-state index is 12.9. The fourth-order valence-electron chi connectivity index (χ4n) is 4.07. The van der Waals surface area contributed by atoms with Crippen LogP contribution in [-0.2, 0) is 16.2 Å². The number of sulfonamides is 1. The van der Waals surface area contributed by atoms with E-state index in [-0.39, 0.29) is 10.9 Å². The van der Waals surface area contributed by atoms with Gasteiger partial charge in [0, 0.05) is 25.4 Å². The summed E-state index contributed by atoms with van der Waals surface area (Å²) in [6.07, 6.45) is 2.85. The van der Waals surface area contributed by atoms with Crippen LogP contribution in [-0.4, -0.2) is 62.4 Å². The van der Waals surface area contributed by atoms with E-state index in [2.05, 4.69) is 18.9 Å². The molecular formula is C23H37F3N2O2S2. The van der Waals surface area contributed by atoms with Crippen LogP contribution in [0.15, 0.2) is 29.2 Å². The SMILES string of the molecule is CCCCCN(C)CCSC[C@H]1CC[C@H](N(C)S(=O)(=O)c2ccc(C(F)(F)F)cc2)CC1. The number of unbranched alkanes of at least 4 members (excludes halogenated alkanes) is 2. The highest BCUT2D eigenvalue weighted by Crippen LogP contribution is 2.33. The number of thioether (sulfide) groups is 1. The lowest BCUT2D eigenvalue weighted by molar-refractivity contribution is -0.137. The first-order chi connectivity index (χ1) is 15.1. The molecule has 0 unspecified atom stereocenters. The number of halogens is 3. The normalized spacial score (nSPS) is 20.2. The Labute approximate surface area is 196 Å². The van der Waals surface area contributed by atoms with Crippen molar-refractivity contribution in [2.45, 2.75) is 69.0 Å². The van der Waals surface area contributed by atoms with Crippen molar-refractivity contribution in [2.24, 2.45) is 5.92 Å². The van der Waals surface area contributed by atoms with Gasteiger partial charge in [-0.3, -0.25) is 0 Å². The van der Waals surface area contributed by atoms with E-state index in [4.69, 9.17) is 0 Å². The summed E-state index contributed by atoms with van der Waals surface area (Å²) in [7, 11) is -0.0855. The lowest BCUT2D eigenvalue weighted by atomic mass is 9.87. The smallest absolute Gasteiger partial charge is 0.306 e. The van der Waals surface area contributed by atoms with E-state index in [0.29, 0.717) is 5.92 Å². The molecule has 1 aliphatic rings. The average molecular weight is 495 g/mol. The number of alkyl halides is 3. The van der Waals surface area contributed by atoms with Crippen molar-refractivity contribution in [1.82, 2.24) is 9.21 Å². The largest absolute Gasteiger partial charge is 0.416 e. The average Bonchev–Trinajstić information content (AvgIpc) is 2.76. The van der Waals surface area contributed by atoms with Crippen LogP contribution < -0.4 is 0 Å². The Morgan fingerprint density at radius 2 is 1.62 bits per heavy atom. The fraction of sp³-hybridized carbons (Fsp3) is 0.739. The van der Waals surface area contributed by atoms with E-state index in [0.717, 1.165) is 74.5 Å². The molecule has 0 bridgehead atoms. The zero-order valence-electron chi connectivity index (χ0n) is 19.4. The molecule has 0 heterocycles. The lowest BCUT2D eigenvalue weighted by Crippen LogP contribution is -2.39. The molecule has 1 aromatic rings. The van der Waals surface area contributed by atoms with Gasteiger partial charge < -0.3 is 4.90 Å². The van der Waals surface area contributed by atoms with Gasteiger partial charge in [-0.1, -0.05) is 19.8 Å². The molecular weight excluding hydrogens is 457 g/mol. The first-order valence-electron chi connectivity index (χ1n) is 11.5. The zero-order chi connectivity index (χ0) is 23.8. The predicted octanol–water partition coefficient (Wildman–Crippen LogP) is 5.74. The highest BCUT2D eigenvalue weighted by atomic mass is 32.2. The van der Waals surface area contributed by atoms with Gasteiger partial charge in [-0.2, -0.15) is 29.2 Å². The molecule has 0 amide bonds. The Morgan fingerprint density at radius 1 is 1.00 bits per heavy atom. The van der Waals surface area contributed by atoms with E-state index < -0.39 is 21.8 Å². The minimum absolute atomic E-state index is 0.0891. The van der Waals surface area contributed by atoms with Crippen molar-refractivity contribution >= 4 is 21.8 Å². The summed E-state index contributed by atoms with van der Waals surface area (Å²) in [5.41, 5.74) is -0.843. The number of benzene rings is 1. The molecule has 0 saturated heterocycles. The quantitative estimate of drug-likeness (QED) is 0.348. The summed E-state index contributed by atoms with van der Waals surface area (Å²) in [5.74, 6) is 2.82. The van der Waals surface area contributed by atoms with E-state index in [1.54, 1.807) is 7.05 Å². The van der Waals surface area contributed by atoms with Crippen LogP contribution in [0.3, 0.4) is 0 Å². The van der Waals surface area contributed by atoms with Crippen molar-refractivity contribution in [3.05, 3.63) is 29.8 Å². The second-order valence-corrected chi connectivity index (χ2v) is 12.0. The van der Waals surface area contributed by atoms with Crippen molar-refractivity contribution in [3.63, 3.8) is 0 Å². The van der Waals surface area contributed by atoms with Crippen molar-refractivity contribution < 1.29 is 21.6 Å². The number of hydrogen-bond acceptors (Lipinski definition) is 4. The second-order valence-electron chi connectivity index (χ2n) is 8.80. The molecule has 0 spiro atoms. The van der Waals surface area contributed by atoms with Gasteiger partial charge in [0.05, 0.1) is 10.5 Å². The first-order valence-corrected chi connectivity index (χ1v) is 14.1. The molecule has 4 nitrogen and oxygen atoms in total. The Bertz CT molecular complexity index is 777. The molecule has 1 saturated carbocycles. The molecule has 0 aliphatic heterocycles. The standard InChI is InChI=1S/C23H37F3N2O2S2/c1-4-5-6-15-27(2)16-17-31-18-19-7-11-21(12-8-19)28(3)32(29,30)22-13-9-20(10-14-22)23(24,25)26/h9-10,13-14,19,21H,4-8,11-12,15-18H2,1-3H3/t19-,21-. The minimum Gasteiger partial charge on any atom is -0.306 e. The number of hydrogen-bond donors (Lipinski definition) is 0. The predicted molar refractivity (Wildman–Crippen MR) is 126 cm³/mol. The van der Waals surface area contributed by atoms with Gasteiger partial charge in [0.1, 0.15) is 0 Å². The summed E-state index contributed by atoms with van der Waals surface area (Å²) < 4.78 is 65.4. The molecule has 184 valence electrons. The topological polar surface area (TPSA) is 40.6 Å². The maximum Gasteiger partial charge on any atom is 0.416 e. The molecule has 2 rings (SSSR count). The van der Waals surface area contributed by atoms with Gasteiger partial charge in [0.25, 0.3) is 0 Å². The van der Waals surface area contributed by atoms with Crippen LogP contribution in [0.25, 0.3) is 0 Å². The van der Waals surface area contributed by atoms with E-state index in [9.17, 15) is 21.6 Å². The highest BCUT2D eigenvalue weighted by molar-refractivity contribution is 7.99. The van der Waals surface area contributed by atoms with E-state index in [1.807, 2.05) is 11.8 Å². The summed E-state index contributed by atoms with van der Waals surface area (Å²) >= 11 is 1.98. The Balaban J connectivity index is 1.76. The zero-order valence-corrected chi connectivity index (χ0v) is 21.0. The highest BCUT2D eigenvalue weighted by Gasteiger charge is 2.33. The number of rotatable bonds is 12. The van der Waals surface area contributed by atoms with Crippen LogP contribution in [0.4, 0.5) is 13.2 Å². The molecule has 1 fully saturated rings. The van der Waals surface area contributed by atoms with Crippen LogP contribution >= 0.6 is 11.8 Å². The Hall–Kier alpha value is -0.770. The van der Waals surface area contributed by atoms with Crippen LogP contribution in [0.1, 0.15) is 57.4 Å². The van der Waals surface area contributed by atoms with E-state index in [1.165, 1.54) is 23.6 Å². The van der Waals surface area contributed by atoms with Gasteiger partial charge in [0.15, 0.2) is 0 Å². The van der Waals surface area contributed by atoms with Crippen LogP contribution in [0.5, 0.6) is 0 Å². The minimum atomic E-state index is -4.48. The van der Waals surface area contributed by atoms with Crippen LogP contribution in [0, 0.1) is 5.92 Å². The first kappa shape index (κ1) is 27.5. The van der Waals surface area contributed by atoms with E-state index >= 15 is 0 Å². The van der Waals surface area contributed by atoms with Gasteiger partial charge in [0.2, 0.25) is 10.0 Å². The summed E-state index contributed by atoms with van der Waals surface area (Å²) in [4.78, 5) is 2.30. The van der Waals surface area contributed by atoms with Crippen molar-refractivity contribution in [3.8, 4) is 0 Å². The Morgan fingerprint density at radius 3 is 2.19 bits per heavy atom. The third-order valence-electron chi connectivity index (χ3n) is 6.30. The fourth-order valence-corrected chi connectivity index (χ4v) is 6.76. The third kappa shape index (κ3) is 8.22. The molecule has 0 radical (unpaired) electrons. The summed E-state index contributed by atoms with van der Waals surface area (Å²) in [6, 6.07) is 3.66. The van der Waals surface area contributed by atoms with Gasteiger partial charge in [-0.25, -0.2) is 8.42 Å². The second kappa shape index (κ2) is 12.6. The van der Waals surface area contributed by atoms with Crippen molar-refractivity contribution in [2.75, 3.05) is 38.7 Å². The summed E-state index contributed by atoms with van der Waals surface area (Å²) in [6.45, 7) is 4.46. The molecule has 0 N–H and O–H groups in total. The number of nitrogens with zero attached hydrogens (tertiary/aromatic N) is 2. The van der Waals surface area contributed by atoms with Crippen LogP contribution in [0.2, 0.25) is 0 Å². The molecule has 0 atom stereocenters. The molecule has 9 heteroatoms. The van der Waals surface area contributed by atoms with Gasteiger partial charge in [-0.05, 0) is 81.6 Å². The molecule has 32 heavy (non-hydrogen) atoms. The lowest BCUT2D eigenvalue weighted by Gasteiger charge is -2.34. The van der Waals surface area contributed by atoms with Crippen molar-refractivity contribution in [1.29, 1.82) is 0 Å². The summed E-state index contributed by atoms with van der Waals surface area (Å²) in [5, 5.41) is 0. The Kier molecular flexibility index (Phi) is 10.8. The third-order valence-corrected chi connectivity index (χ3v) is 9.41. The van der Waals surface area contributed by atoms with Gasteiger partial charge >= 0.3 is 6.18 Å². The maximum absolute atomic E-state index is 12.9. The molecule has 0 aromatic heterocycles. The monoisotopic (exact) mass is 494 g/mol. The molecule has 1 aromatic carbocycles.